The number of hydrogen-bond donors (Lipinski definition) is 1. The maximum absolute atomic E-state index is 11.8. The Morgan fingerprint density at radius 2 is 2.16 bits per heavy atom. The molecular weight excluding hydrogens is 264 g/mol. The van der Waals surface area contributed by atoms with Gasteiger partial charge in [0.05, 0.1) is 6.21 Å². The Morgan fingerprint density at radius 3 is 2.89 bits per heavy atom. The van der Waals surface area contributed by atoms with Crippen molar-refractivity contribution in [1.29, 1.82) is 0 Å². The summed E-state index contributed by atoms with van der Waals surface area (Å²) in [5, 5.41) is 2.93. The molecular formula is C13H19ClN4O. The summed E-state index contributed by atoms with van der Waals surface area (Å²) in [6, 6.07) is 0.524. The first-order chi connectivity index (χ1) is 9.16. The van der Waals surface area contributed by atoms with Crippen LogP contribution in [0.25, 0.3) is 0 Å². The molecule has 0 aromatic heterocycles. The van der Waals surface area contributed by atoms with Gasteiger partial charge in [-0.3, -0.25) is 9.79 Å². The highest BCUT2D eigenvalue weighted by Gasteiger charge is 2.34. The van der Waals surface area contributed by atoms with Crippen molar-refractivity contribution in [2.45, 2.75) is 43.8 Å². The molecule has 1 atom stereocenters. The van der Waals surface area contributed by atoms with Gasteiger partial charge in [-0.25, -0.2) is 0 Å². The van der Waals surface area contributed by atoms with Crippen molar-refractivity contribution in [2.24, 2.45) is 4.99 Å². The van der Waals surface area contributed by atoms with E-state index < -0.39 is 5.62 Å². The predicted octanol–water partition coefficient (Wildman–Crippen LogP) is 1.46. The Hall–Kier alpha value is -1.23. The molecule has 0 saturated heterocycles. The molecule has 0 bridgehead atoms. The average molecular weight is 283 g/mol. The maximum atomic E-state index is 11.8. The number of nitrogens with zero attached hydrogens (tertiary/aromatic N) is 3. The molecule has 2 heterocycles. The van der Waals surface area contributed by atoms with E-state index in [1.54, 1.807) is 6.21 Å². The number of hydrogen-bond acceptors (Lipinski definition) is 4. The van der Waals surface area contributed by atoms with Crippen LogP contribution >= 0.6 is 11.6 Å². The first-order valence-electron chi connectivity index (χ1n) is 6.87. The zero-order valence-corrected chi connectivity index (χ0v) is 11.9. The minimum atomic E-state index is -0.391. The van der Waals surface area contributed by atoms with Gasteiger partial charge in [-0.1, -0.05) is 24.4 Å². The van der Waals surface area contributed by atoms with Crippen LogP contribution in [0.5, 0.6) is 0 Å². The number of alkyl halides is 1. The van der Waals surface area contributed by atoms with Crippen LogP contribution in [-0.2, 0) is 4.79 Å². The molecule has 2 aliphatic heterocycles. The lowest BCUT2D eigenvalue weighted by Crippen LogP contribution is -2.44. The van der Waals surface area contributed by atoms with Gasteiger partial charge in [-0.15, -0.1) is 0 Å². The average Bonchev–Trinajstić information content (AvgIpc) is 2.85. The molecule has 1 fully saturated rings. The quantitative estimate of drug-likeness (QED) is 0.585. The Morgan fingerprint density at radius 1 is 1.42 bits per heavy atom. The smallest absolute Gasteiger partial charge is 0.226 e. The summed E-state index contributed by atoms with van der Waals surface area (Å²) >= 11 is 6.20. The third-order valence-electron chi connectivity index (χ3n) is 4.11. The molecule has 19 heavy (non-hydrogen) atoms. The van der Waals surface area contributed by atoms with Gasteiger partial charge in [0.1, 0.15) is 11.5 Å². The van der Waals surface area contributed by atoms with E-state index >= 15 is 0 Å². The number of rotatable bonds is 1. The monoisotopic (exact) mass is 282 g/mol. The minimum Gasteiger partial charge on any atom is -0.353 e. The SMILES string of the molecule is CN1C2=C(C=N[C@@H]1Cl)NC(=O)CCN2C1CCCC1. The van der Waals surface area contributed by atoms with Crippen LogP contribution in [0.2, 0.25) is 0 Å². The zero-order valence-electron chi connectivity index (χ0n) is 11.1. The first-order valence-corrected chi connectivity index (χ1v) is 7.31. The van der Waals surface area contributed by atoms with Crippen molar-refractivity contribution in [3.8, 4) is 0 Å². The van der Waals surface area contributed by atoms with E-state index in [9.17, 15) is 4.79 Å². The molecule has 1 aliphatic carbocycles. The number of aliphatic imine (C=N–C) groups is 1. The topological polar surface area (TPSA) is 47.9 Å². The van der Waals surface area contributed by atoms with Crippen molar-refractivity contribution in [3.05, 3.63) is 11.5 Å². The summed E-state index contributed by atoms with van der Waals surface area (Å²) in [6.45, 7) is 0.761. The van der Waals surface area contributed by atoms with Crippen molar-refractivity contribution < 1.29 is 4.79 Å². The second-order valence-electron chi connectivity index (χ2n) is 5.37. The van der Waals surface area contributed by atoms with Gasteiger partial charge < -0.3 is 15.1 Å². The van der Waals surface area contributed by atoms with E-state index in [0.717, 1.165) is 18.1 Å². The van der Waals surface area contributed by atoms with E-state index in [4.69, 9.17) is 11.6 Å². The fourth-order valence-corrected chi connectivity index (χ4v) is 3.29. The normalized spacial score (nSPS) is 28.5. The standard InChI is InChI=1S/C13H19ClN4O/c1-17-12-10(8-15-13(17)14)16-11(19)6-7-18(12)9-4-2-3-5-9/h8-9,13H,2-7H2,1H3,(H,16,19)/t13-/m0/s1. The highest BCUT2D eigenvalue weighted by atomic mass is 35.5. The summed E-state index contributed by atoms with van der Waals surface area (Å²) in [5.41, 5.74) is 0.395. The Bertz CT molecular complexity index is 442. The molecule has 0 spiro atoms. The van der Waals surface area contributed by atoms with Gasteiger partial charge in [-0.05, 0) is 12.8 Å². The lowest BCUT2D eigenvalue weighted by Gasteiger charge is -2.39. The summed E-state index contributed by atoms with van der Waals surface area (Å²) in [6.07, 6.45) is 7.16. The van der Waals surface area contributed by atoms with Gasteiger partial charge in [0.15, 0.2) is 5.62 Å². The van der Waals surface area contributed by atoms with Crippen LogP contribution in [0, 0.1) is 0 Å². The number of nitrogens with one attached hydrogen (secondary N) is 1. The van der Waals surface area contributed by atoms with Crippen molar-refractivity contribution in [2.75, 3.05) is 13.6 Å². The molecule has 3 aliphatic rings. The summed E-state index contributed by atoms with van der Waals surface area (Å²) in [4.78, 5) is 20.3. The molecule has 0 radical (unpaired) electrons. The molecule has 104 valence electrons. The molecule has 1 saturated carbocycles. The van der Waals surface area contributed by atoms with Gasteiger partial charge >= 0.3 is 0 Å². The molecule has 0 aromatic rings. The Balaban J connectivity index is 1.97. The molecule has 0 unspecified atom stereocenters. The predicted molar refractivity (Wildman–Crippen MR) is 74.6 cm³/mol. The van der Waals surface area contributed by atoms with E-state index in [1.807, 2.05) is 11.9 Å². The second-order valence-corrected chi connectivity index (χ2v) is 5.76. The number of allylic oxidation sites excluding steroid dienone is 1. The number of carbonyl (C=O) groups excluding carboxylic acids is 1. The molecule has 5 nitrogen and oxygen atoms in total. The molecule has 6 heteroatoms. The van der Waals surface area contributed by atoms with E-state index in [1.165, 1.54) is 25.7 Å². The fourth-order valence-electron chi connectivity index (χ4n) is 3.14. The van der Waals surface area contributed by atoms with Gasteiger partial charge in [0.2, 0.25) is 5.91 Å². The zero-order chi connectivity index (χ0) is 13.4. The van der Waals surface area contributed by atoms with Crippen LogP contribution in [-0.4, -0.2) is 47.2 Å². The van der Waals surface area contributed by atoms with Gasteiger partial charge in [0, 0.05) is 26.1 Å². The van der Waals surface area contributed by atoms with Crippen LogP contribution in [0.4, 0.5) is 0 Å². The first kappa shape index (κ1) is 12.8. The third kappa shape index (κ3) is 2.31. The fraction of sp³-hybridized carbons (Fsp3) is 0.692. The summed E-state index contributed by atoms with van der Waals surface area (Å²) in [5.74, 6) is 1.08. The van der Waals surface area contributed by atoms with Crippen LogP contribution < -0.4 is 5.32 Å². The minimum absolute atomic E-state index is 0.0564. The second kappa shape index (κ2) is 5.04. The molecule has 1 amide bonds. The van der Waals surface area contributed by atoms with Crippen molar-refractivity contribution in [3.63, 3.8) is 0 Å². The largest absolute Gasteiger partial charge is 0.353 e. The lowest BCUT2D eigenvalue weighted by atomic mass is 10.2. The number of amides is 1. The highest BCUT2D eigenvalue weighted by Crippen LogP contribution is 2.31. The van der Waals surface area contributed by atoms with E-state index in [2.05, 4.69) is 15.2 Å². The third-order valence-corrected chi connectivity index (χ3v) is 4.52. The maximum Gasteiger partial charge on any atom is 0.226 e. The Kier molecular flexibility index (Phi) is 3.39. The highest BCUT2D eigenvalue weighted by molar-refractivity contribution is 6.21. The summed E-state index contributed by atoms with van der Waals surface area (Å²) in [7, 11) is 1.93. The molecule has 1 N–H and O–H groups in total. The summed E-state index contributed by atoms with van der Waals surface area (Å²) < 4.78 is 0. The van der Waals surface area contributed by atoms with Crippen LogP contribution in [0.15, 0.2) is 16.5 Å². The number of carbonyl (C=O) groups is 1. The lowest BCUT2D eigenvalue weighted by molar-refractivity contribution is -0.120. The Labute approximate surface area is 118 Å². The van der Waals surface area contributed by atoms with Crippen LogP contribution in [0.1, 0.15) is 32.1 Å². The molecule has 0 aromatic carbocycles. The van der Waals surface area contributed by atoms with Gasteiger partial charge in [-0.2, -0.15) is 0 Å². The van der Waals surface area contributed by atoms with Gasteiger partial charge in [0.25, 0.3) is 0 Å². The van der Waals surface area contributed by atoms with Crippen molar-refractivity contribution in [1.82, 2.24) is 15.1 Å². The number of halogens is 1. The molecule has 3 rings (SSSR count). The van der Waals surface area contributed by atoms with Crippen LogP contribution in [0.3, 0.4) is 0 Å². The van der Waals surface area contributed by atoms with E-state index in [0.29, 0.717) is 12.5 Å². The van der Waals surface area contributed by atoms with E-state index in [-0.39, 0.29) is 5.91 Å². The van der Waals surface area contributed by atoms with Crippen molar-refractivity contribution >= 4 is 23.7 Å².